The lowest BCUT2D eigenvalue weighted by Crippen LogP contribution is -2.31. The average molecular weight is 322 g/mol. The monoisotopic (exact) mass is 321 g/mol. The molecular formula is C17H20ClNO3. The number of hydrogen-bond donors (Lipinski definition) is 1. The number of esters is 1. The molecule has 0 heterocycles. The smallest absolute Gasteiger partial charge is 0.309 e. The van der Waals surface area contributed by atoms with Gasteiger partial charge in [0.15, 0.2) is 6.61 Å². The Morgan fingerprint density at radius 2 is 2.00 bits per heavy atom. The number of nitrogens with one attached hydrogen (secondary N) is 1. The van der Waals surface area contributed by atoms with Crippen LogP contribution < -0.4 is 5.32 Å². The summed E-state index contributed by atoms with van der Waals surface area (Å²) in [5, 5.41) is 3.43. The summed E-state index contributed by atoms with van der Waals surface area (Å²) in [5.41, 5.74) is 1.09. The standard InChI is InChI=1S/C17H20ClNO3/c18-15-8-6-13(7-9-15)10-11-19-16(20)12-22-17(21)14-4-2-1-3-5-14/h1-2,6-9,14H,3-5,10-12H2,(H,19,20)/t14-/m1/s1. The third-order valence-electron chi connectivity index (χ3n) is 3.60. The number of amides is 1. The Kier molecular flexibility index (Phi) is 6.46. The molecule has 2 rings (SSSR count). The third-order valence-corrected chi connectivity index (χ3v) is 3.85. The van der Waals surface area contributed by atoms with E-state index >= 15 is 0 Å². The molecule has 0 saturated carbocycles. The van der Waals surface area contributed by atoms with Crippen LogP contribution in [0, 0.1) is 5.92 Å². The summed E-state index contributed by atoms with van der Waals surface area (Å²) in [4.78, 5) is 23.4. The molecule has 0 radical (unpaired) electrons. The van der Waals surface area contributed by atoms with E-state index in [-0.39, 0.29) is 24.4 Å². The quantitative estimate of drug-likeness (QED) is 0.647. The molecule has 4 nitrogen and oxygen atoms in total. The Morgan fingerprint density at radius 3 is 2.68 bits per heavy atom. The van der Waals surface area contributed by atoms with Gasteiger partial charge in [0.2, 0.25) is 0 Å². The van der Waals surface area contributed by atoms with Crippen molar-refractivity contribution in [2.75, 3.05) is 13.2 Å². The van der Waals surface area contributed by atoms with Crippen LogP contribution in [0.1, 0.15) is 24.8 Å². The van der Waals surface area contributed by atoms with Crippen LogP contribution in [0.3, 0.4) is 0 Å². The lowest BCUT2D eigenvalue weighted by molar-refractivity contribution is -0.152. The highest BCUT2D eigenvalue weighted by Gasteiger charge is 2.20. The first-order chi connectivity index (χ1) is 10.6. The molecule has 0 saturated heterocycles. The van der Waals surface area contributed by atoms with Crippen molar-refractivity contribution in [1.82, 2.24) is 5.32 Å². The van der Waals surface area contributed by atoms with Crippen LogP contribution in [-0.2, 0) is 20.7 Å². The van der Waals surface area contributed by atoms with Crippen molar-refractivity contribution in [2.24, 2.45) is 5.92 Å². The fourth-order valence-electron chi connectivity index (χ4n) is 2.31. The molecule has 1 aliphatic carbocycles. The van der Waals surface area contributed by atoms with Gasteiger partial charge in [-0.05, 0) is 43.4 Å². The molecule has 22 heavy (non-hydrogen) atoms. The van der Waals surface area contributed by atoms with Gasteiger partial charge in [0.25, 0.3) is 5.91 Å². The van der Waals surface area contributed by atoms with E-state index in [0.717, 1.165) is 18.4 Å². The van der Waals surface area contributed by atoms with Crippen molar-refractivity contribution >= 4 is 23.5 Å². The minimum absolute atomic E-state index is 0.105. The maximum atomic E-state index is 11.8. The fourth-order valence-corrected chi connectivity index (χ4v) is 2.44. The zero-order chi connectivity index (χ0) is 15.8. The minimum Gasteiger partial charge on any atom is -0.455 e. The first-order valence-corrected chi connectivity index (χ1v) is 7.86. The van der Waals surface area contributed by atoms with Crippen molar-refractivity contribution in [3.8, 4) is 0 Å². The fraction of sp³-hybridized carbons (Fsp3) is 0.412. The molecule has 1 aliphatic rings. The summed E-state index contributed by atoms with van der Waals surface area (Å²) < 4.78 is 5.06. The maximum absolute atomic E-state index is 11.8. The second-order valence-corrected chi connectivity index (χ2v) is 5.75. The van der Waals surface area contributed by atoms with Gasteiger partial charge in [-0.15, -0.1) is 0 Å². The molecular weight excluding hydrogens is 302 g/mol. The van der Waals surface area contributed by atoms with E-state index in [1.165, 1.54) is 0 Å². The molecule has 0 fully saturated rings. The van der Waals surface area contributed by atoms with Crippen molar-refractivity contribution in [3.05, 3.63) is 47.0 Å². The van der Waals surface area contributed by atoms with E-state index in [2.05, 4.69) is 11.4 Å². The minimum atomic E-state index is -0.280. The molecule has 1 amide bonds. The van der Waals surface area contributed by atoms with Crippen LogP contribution in [0.15, 0.2) is 36.4 Å². The topological polar surface area (TPSA) is 55.4 Å². The van der Waals surface area contributed by atoms with E-state index < -0.39 is 0 Å². The van der Waals surface area contributed by atoms with Crippen molar-refractivity contribution in [2.45, 2.75) is 25.7 Å². The van der Waals surface area contributed by atoms with Crippen LogP contribution in [0.4, 0.5) is 0 Å². The largest absolute Gasteiger partial charge is 0.455 e. The second kappa shape index (κ2) is 8.59. The summed E-state index contributed by atoms with van der Waals surface area (Å²) in [5.74, 6) is -0.655. The Morgan fingerprint density at radius 1 is 1.23 bits per heavy atom. The number of carbonyl (C=O) groups excluding carboxylic acids is 2. The van der Waals surface area contributed by atoms with E-state index in [9.17, 15) is 9.59 Å². The lowest BCUT2D eigenvalue weighted by atomic mass is 9.95. The first kappa shape index (κ1) is 16.6. The highest BCUT2D eigenvalue weighted by Crippen LogP contribution is 2.19. The van der Waals surface area contributed by atoms with Gasteiger partial charge in [0.05, 0.1) is 5.92 Å². The van der Waals surface area contributed by atoms with Gasteiger partial charge in [0, 0.05) is 11.6 Å². The van der Waals surface area contributed by atoms with Crippen LogP contribution in [0.25, 0.3) is 0 Å². The second-order valence-electron chi connectivity index (χ2n) is 5.32. The summed E-state index contributed by atoms with van der Waals surface area (Å²) in [7, 11) is 0. The van der Waals surface area contributed by atoms with Gasteiger partial charge in [-0.1, -0.05) is 35.9 Å². The number of rotatable bonds is 6. The van der Waals surface area contributed by atoms with Crippen molar-refractivity contribution < 1.29 is 14.3 Å². The Hall–Kier alpha value is -1.81. The van der Waals surface area contributed by atoms with Gasteiger partial charge in [0.1, 0.15) is 0 Å². The van der Waals surface area contributed by atoms with Gasteiger partial charge < -0.3 is 10.1 Å². The number of allylic oxidation sites excluding steroid dienone is 2. The SMILES string of the molecule is O=C(COC(=O)[C@@H]1CC=CCC1)NCCc1ccc(Cl)cc1. The average Bonchev–Trinajstić information content (AvgIpc) is 2.55. The molecule has 0 aliphatic heterocycles. The van der Waals surface area contributed by atoms with E-state index in [4.69, 9.17) is 16.3 Å². The molecule has 1 aromatic carbocycles. The van der Waals surface area contributed by atoms with Crippen LogP contribution in [0.2, 0.25) is 5.02 Å². The molecule has 1 atom stereocenters. The number of ether oxygens (including phenoxy) is 1. The molecule has 1 aromatic rings. The molecule has 1 N–H and O–H groups in total. The summed E-state index contributed by atoms with van der Waals surface area (Å²) in [6, 6.07) is 7.48. The van der Waals surface area contributed by atoms with Gasteiger partial charge in [-0.2, -0.15) is 0 Å². The van der Waals surface area contributed by atoms with Crippen LogP contribution >= 0.6 is 11.6 Å². The van der Waals surface area contributed by atoms with Gasteiger partial charge >= 0.3 is 5.97 Å². The molecule has 0 bridgehead atoms. The predicted molar refractivity (Wildman–Crippen MR) is 85.6 cm³/mol. The lowest BCUT2D eigenvalue weighted by Gasteiger charge is -2.16. The van der Waals surface area contributed by atoms with Gasteiger partial charge in [-0.3, -0.25) is 9.59 Å². The van der Waals surface area contributed by atoms with Crippen LogP contribution in [0.5, 0.6) is 0 Å². The molecule has 5 heteroatoms. The first-order valence-electron chi connectivity index (χ1n) is 7.48. The Balaban J connectivity index is 1.62. The maximum Gasteiger partial charge on any atom is 0.309 e. The highest BCUT2D eigenvalue weighted by atomic mass is 35.5. The van der Waals surface area contributed by atoms with E-state index in [0.29, 0.717) is 24.4 Å². The molecule has 0 spiro atoms. The Bertz CT molecular complexity index is 539. The van der Waals surface area contributed by atoms with E-state index in [1.54, 1.807) is 0 Å². The highest BCUT2D eigenvalue weighted by molar-refractivity contribution is 6.30. The van der Waals surface area contributed by atoms with E-state index in [1.807, 2.05) is 30.3 Å². The van der Waals surface area contributed by atoms with Crippen molar-refractivity contribution in [1.29, 1.82) is 0 Å². The summed E-state index contributed by atoms with van der Waals surface area (Å²) in [6.07, 6.45) is 7.16. The molecule has 0 unspecified atom stereocenters. The zero-order valence-corrected chi connectivity index (χ0v) is 13.1. The van der Waals surface area contributed by atoms with Crippen molar-refractivity contribution in [3.63, 3.8) is 0 Å². The number of hydrogen-bond acceptors (Lipinski definition) is 3. The third kappa shape index (κ3) is 5.53. The number of carbonyl (C=O) groups is 2. The Labute approximate surface area is 135 Å². The molecule has 118 valence electrons. The summed E-state index contributed by atoms with van der Waals surface area (Å²) >= 11 is 5.81. The normalized spacial score (nSPS) is 17.0. The number of benzene rings is 1. The molecule has 0 aromatic heterocycles. The predicted octanol–water partition coefficient (Wildman–Crippen LogP) is 2.90. The number of halogens is 1. The van der Waals surface area contributed by atoms with Crippen LogP contribution in [-0.4, -0.2) is 25.0 Å². The van der Waals surface area contributed by atoms with Gasteiger partial charge in [-0.25, -0.2) is 0 Å². The zero-order valence-electron chi connectivity index (χ0n) is 12.4. The summed E-state index contributed by atoms with van der Waals surface area (Å²) in [6.45, 7) is 0.295.